The van der Waals surface area contributed by atoms with Gasteiger partial charge in [0.15, 0.2) is 0 Å². The minimum atomic E-state index is -0.459. The molecule has 10 rings (SSSR count). The van der Waals surface area contributed by atoms with Crippen LogP contribution in [-0.4, -0.2) is 172 Å². The lowest BCUT2D eigenvalue weighted by Crippen LogP contribution is -2.46. The second-order valence-corrected chi connectivity index (χ2v) is 40.4. The Labute approximate surface area is 761 Å². The number of Topliss-reactive ketones (excluding diaryl/α,β-unsaturated/α-hetero) is 6. The Morgan fingerprint density at radius 1 is 0.431 bits per heavy atom. The van der Waals surface area contributed by atoms with Gasteiger partial charge in [-0.25, -0.2) is 13.2 Å². The predicted molar refractivity (Wildman–Crippen MR) is 508 cm³/mol. The van der Waals surface area contributed by atoms with E-state index in [9.17, 15) is 41.9 Å². The van der Waals surface area contributed by atoms with Gasteiger partial charge in [0.1, 0.15) is 52.2 Å². The molecule has 0 bridgehead atoms. The van der Waals surface area contributed by atoms with E-state index in [2.05, 4.69) is 139 Å². The van der Waals surface area contributed by atoms with Gasteiger partial charge in [0.05, 0.1) is 45.0 Å². The number of halogens is 7. The summed E-state index contributed by atoms with van der Waals surface area (Å²) >= 11 is 20.8. The molecule has 0 amide bonds. The number of aryl methyl sites for hydroxylation is 2. The van der Waals surface area contributed by atoms with Crippen molar-refractivity contribution in [2.75, 3.05) is 105 Å². The number of carbonyl (C=O) groups is 6. The van der Waals surface area contributed by atoms with E-state index in [-0.39, 0.29) is 128 Å². The molecule has 4 aliphatic rings. The second kappa shape index (κ2) is 53.2. The molecular formula is C102H148BrCl3F3N7O7. The highest BCUT2D eigenvalue weighted by molar-refractivity contribution is 9.10. The van der Waals surface area contributed by atoms with E-state index in [4.69, 9.17) is 39.5 Å². The van der Waals surface area contributed by atoms with Gasteiger partial charge in [-0.15, -0.1) is 0 Å². The predicted octanol–water partition coefficient (Wildman–Crippen LogP) is 22.3. The van der Waals surface area contributed by atoms with Gasteiger partial charge < -0.3 is 35.8 Å². The van der Waals surface area contributed by atoms with Gasteiger partial charge in [-0.3, -0.25) is 33.7 Å². The number of ether oxygens (including phenoxy) is 1. The first-order chi connectivity index (χ1) is 57.7. The van der Waals surface area contributed by atoms with Gasteiger partial charge in [-0.2, -0.15) is 0 Å². The molecule has 1 saturated carbocycles. The van der Waals surface area contributed by atoms with Gasteiger partial charge in [-0.1, -0.05) is 203 Å². The summed E-state index contributed by atoms with van der Waals surface area (Å²) in [4.78, 5) is 81.8. The zero-order valence-corrected chi connectivity index (χ0v) is 81.8. The van der Waals surface area contributed by atoms with E-state index < -0.39 is 5.82 Å². The molecule has 6 aromatic rings. The Bertz CT molecular complexity index is 4020. The molecule has 14 nitrogen and oxygen atoms in total. The van der Waals surface area contributed by atoms with Crippen LogP contribution in [0.1, 0.15) is 250 Å². The first-order valence-corrected chi connectivity index (χ1v) is 46.8. The number of rotatable bonds is 33. The Morgan fingerprint density at radius 2 is 0.805 bits per heavy atom. The number of hydrogen-bond donors (Lipinski definition) is 4. The third-order valence-electron chi connectivity index (χ3n) is 23.1. The van der Waals surface area contributed by atoms with Crippen molar-refractivity contribution in [2.45, 2.75) is 237 Å². The molecule has 3 aliphatic heterocycles. The SMILES string of the molecule is CC(C)C(=O)[C@@H](CNC(C)(C)C)c1ccc(Cl)cc1.CC(C)C(=O)[C@H](CN1CCN(C)CC1)c1ccc(Cl)c(F)c1.CC(C)C(=O)[C@H](CNC(C)(C)C)c1ccc(Cl)cc1.CC1CCN(C[C@H](C(=O)C(C)C)c2ccc(Br)c(F)c2)CC1.Cc1ccc([C@@H](CNC2CCOCC2)C(=O)C(C)C)cc1.Cc1ccc([C@@H](CNCC2CC2)C(=O)C(C)C)c(F)c1. The largest absolute Gasteiger partial charge is 0.381 e. The molecule has 21 heteroatoms. The summed E-state index contributed by atoms with van der Waals surface area (Å²) in [7, 11) is 2.10. The van der Waals surface area contributed by atoms with E-state index in [1.807, 2.05) is 151 Å². The lowest BCUT2D eigenvalue weighted by molar-refractivity contribution is -0.124. The Balaban J connectivity index is 0.000000263. The van der Waals surface area contributed by atoms with E-state index >= 15 is 0 Å². The maximum Gasteiger partial charge on any atom is 0.144 e. The summed E-state index contributed by atoms with van der Waals surface area (Å²) in [5, 5.41) is 15.2. The third kappa shape index (κ3) is 38.9. The minimum Gasteiger partial charge on any atom is -0.381 e. The van der Waals surface area contributed by atoms with E-state index in [0.717, 1.165) is 124 Å². The molecule has 3 heterocycles. The average Bonchev–Trinajstić information content (AvgIpc) is 1.36. The van der Waals surface area contributed by atoms with Crippen LogP contribution < -0.4 is 21.3 Å². The summed E-state index contributed by atoms with van der Waals surface area (Å²) in [6, 6.07) is 38.9. The molecule has 6 aromatic carbocycles. The number of benzene rings is 6. The molecule has 1 aliphatic carbocycles. The van der Waals surface area contributed by atoms with Crippen molar-refractivity contribution in [3.8, 4) is 0 Å². The normalized spacial score (nSPS) is 16.6. The number of hydrogen-bond acceptors (Lipinski definition) is 14. The van der Waals surface area contributed by atoms with Crippen LogP contribution in [0.15, 0.2) is 132 Å². The molecule has 4 N–H and O–H groups in total. The molecule has 123 heavy (non-hydrogen) atoms. The highest BCUT2D eigenvalue weighted by atomic mass is 79.9. The number of piperidine rings is 1. The average molecular weight is 1830 g/mol. The summed E-state index contributed by atoms with van der Waals surface area (Å²) < 4.78 is 47.6. The van der Waals surface area contributed by atoms with Crippen molar-refractivity contribution in [1.29, 1.82) is 0 Å². The van der Waals surface area contributed by atoms with Crippen molar-refractivity contribution in [3.63, 3.8) is 0 Å². The van der Waals surface area contributed by atoms with Crippen molar-refractivity contribution < 1.29 is 46.7 Å². The van der Waals surface area contributed by atoms with Crippen LogP contribution in [-0.2, 0) is 33.5 Å². The van der Waals surface area contributed by atoms with Crippen LogP contribution in [0.2, 0.25) is 15.1 Å². The summed E-state index contributed by atoms with van der Waals surface area (Å²) in [5.74, 6) is 0.532. The molecule has 4 fully saturated rings. The minimum absolute atomic E-state index is 0.00192. The molecule has 0 aromatic heterocycles. The van der Waals surface area contributed by atoms with Crippen LogP contribution in [0, 0.1) is 78.6 Å². The lowest BCUT2D eigenvalue weighted by Gasteiger charge is -2.34. The molecule has 0 radical (unpaired) electrons. The van der Waals surface area contributed by atoms with E-state index in [0.29, 0.717) is 64.6 Å². The number of carbonyl (C=O) groups excluding carboxylic acids is 6. The summed E-state index contributed by atoms with van der Waals surface area (Å²) in [6.45, 7) is 54.4. The van der Waals surface area contributed by atoms with Gasteiger partial charge >= 0.3 is 0 Å². The van der Waals surface area contributed by atoms with Crippen molar-refractivity contribution >= 4 is 85.4 Å². The van der Waals surface area contributed by atoms with E-state index in [1.165, 1.54) is 55.5 Å². The number of piperazine rings is 1. The number of nitrogens with one attached hydrogen (secondary N) is 4. The van der Waals surface area contributed by atoms with Crippen LogP contribution in [0.4, 0.5) is 13.2 Å². The first kappa shape index (κ1) is 108. The Hall–Kier alpha value is -5.84. The molecular weight excluding hydrogens is 1680 g/mol. The molecule has 0 spiro atoms. The molecule has 0 unspecified atom stereocenters. The van der Waals surface area contributed by atoms with Crippen molar-refractivity contribution in [3.05, 3.63) is 209 Å². The topological polar surface area (TPSA) is 169 Å². The van der Waals surface area contributed by atoms with Gasteiger partial charge in [0, 0.05) is 141 Å². The number of nitrogens with zero attached hydrogens (tertiary/aromatic N) is 3. The van der Waals surface area contributed by atoms with Crippen LogP contribution >= 0.6 is 50.7 Å². The maximum atomic E-state index is 14.1. The summed E-state index contributed by atoms with van der Waals surface area (Å²) in [6.07, 6.45) is 6.98. The Kier molecular flexibility index (Phi) is 46.6. The van der Waals surface area contributed by atoms with Crippen molar-refractivity contribution in [2.24, 2.45) is 47.3 Å². The van der Waals surface area contributed by atoms with Gasteiger partial charge in [0.2, 0.25) is 0 Å². The maximum absolute atomic E-state index is 14.1. The molecule has 3 saturated heterocycles. The molecule has 6 atom stereocenters. The number of likely N-dealkylation sites (N-methyl/N-ethyl adjacent to an activating group) is 1. The monoisotopic (exact) mass is 1820 g/mol. The molecule has 682 valence electrons. The van der Waals surface area contributed by atoms with E-state index in [1.54, 1.807) is 18.2 Å². The van der Waals surface area contributed by atoms with Crippen LogP contribution in [0.3, 0.4) is 0 Å². The highest BCUT2D eigenvalue weighted by Gasteiger charge is 2.34. The lowest BCUT2D eigenvalue weighted by atomic mass is 9.87. The zero-order chi connectivity index (χ0) is 91.8. The van der Waals surface area contributed by atoms with Gasteiger partial charge in [-0.05, 0) is 242 Å². The summed E-state index contributed by atoms with van der Waals surface area (Å²) in [5.41, 5.74) is 7.33. The zero-order valence-electron chi connectivity index (χ0n) is 78.0. The fourth-order valence-corrected chi connectivity index (χ4v) is 15.4. The quantitative estimate of drug-likeness (QED) is 0.0307. The second-order valence-electron chi connectivity index (χ2n) is 38.3. The van der Waals surface area contributed by atoms with Gasteiger partial charge in [0.25, 0.3) is 0 Å². The smallest absolute Gasteiger partial charge is 0.144 e. The third-order valence-corrected chi connectivity index (χ3v) is 24.5. The number of ketones is 6. The first-order valence-electron chi connectivity index (χ1n) is 44.8. The Morgan fingerprint density at radius 3 is 1.20 bits per heavy atom. The number of likely N-dealkylation sites (tertiary alicyclic amines) is 1. The van der Waals surface area contributed by atoms with Crippen molar-refractivity contribution in [1.82, 2.24) is 36.0 Å². The fourth-order valence-electron chi connectivity index (χ4n) is 14.8. The standard InChI is InChI=1S/C18H25BrFNO.C18H27NO2.C17H24ClFN2O.C17H24FNO.2C16H24ClNO/c1-12(2)18(22)15(11-21-8-6-13(3)7-9-21)14-4-5-16(19)17(20)10-14;1-13(2)18(20)17(15-6-4-14(3)5-7-15)12-19-16-8-10-21-11-9-16;1-12(2)17(22)14(11-21-8-6-20(3)7-9-21)13-4-5-15(18)16(19)10-13;1-11(2)17(20)15(10-19-9-13-5-6-13)14-7-4-12(3)8-16(14)18;2*1-11(2)15(19)14(10-18-16(3,4)5)12-6-8-13(17)9-7-12/h4-5,10,12-13,15H,6-9,11H2,1-3H3;4-7,13,16-17,19H,8-12H2,1-3H3;4-5,10,12,14H,6-9,11H2,1-3H3;4,7-8,11,13,15,19H,5-6,9-10H2,1-3H3;2*6-9,11,14,18H,10H2,1-5H3/t15-;17-;14-;15-;2*14-/m011110/s1. The van der Waals surface area contributed by atoms with Crippen LogP contribution in [0.5, 0.6) is 0 Å². The van der Waals surface area contributed by atoms with Crippen LogP contribution in [0.25, 0.3) is 0 Å². The fraction of sp³-hybridized carbons (Fsp3) is 0.588. The highest BCUT2D eigenvalue weighted by Crippen LogP contribution is 2.33.